The summed E-state index contributed by atoms with van der Waals surface area (Å²) in [5.41, 5.74) is 2.04. The number of sulfonamides is 1. The third-order valence-electron chi connectivity index (χ3n) is 4.33. The average molecular weight is 390 g/mol. The van der Waals surface area contributed by atoms with E-state index in [1.807, 2.05) is 19.1 Å². The van der Waals surface area contributed by atoms with E-state index in [4.69, 9.17) is 9.47 Å². The molecule has 7 nitrogen and oxygen atoms in total. The molecule has 1 aliphatic heterocycles. The maximum absolute atomic E-state index is 12.7. The Hall–Kier alpha value is -2.74. The number of anilines is 2. The Morgan fingerprint density at radius 2 is 1.81 bits per heavy atom. The molecule has 0 fully saturated rings. The number of rotatable bonds is 6. The van der Waals surface area contributed by atoms with Gasteiger partial charge in [0.1, 0.15) is 6.04 Å². The monoisotopic (exact) mass is 390 g/mol. The zero-order valence-electron chi connectivity index (χ0n) is 15.4. The second-order valence-electron chi connectivity index (χ2n) is 6.31. The molecular formula is C19H22N2O5S. The lowest BCUT2D eigenvalue weighted by Crippen LogP contribution is -2.45. The number of nitrogens with zero attached hydrogens (tertiary/aromatic N) is 1. The van der Waals surface area contributed by atoms with Crippen LogP contribution in [-0.4, -0.2) is 33.4 Å². The molecule has 0 aromatic heterocycles. The number of fused-ring (bicyclic) bond motifs is 1. The van der Waals surface area contributed by atoms with E-state index in [0.29, 0.717) is 22.9 Å². The number of carbonyl (C=O) groups is 1. The van der Waals surface area contributed by atoms with E-state index >= 15 is 0 Å². The molecule has 0 spiro atoms. The van der Waals surface area contributed by atoms with Crippen molar-refractivity contribution in [2.24, 2.45) is 0 Å². The lowest BCUT2D eigenvalue weighted by molar-refractivity contribution is -0.116. The SMILES string of the molecule is CCc1ccc(N([C@@H](C)C(=O)Nc2ccc3c(c2)OCO3)S(C)(=O)=O)cc1. The van der Waals surface area contributed by atoms with Crippen LogP contribution in [0, 0.1) is 0 Å². The first-order valence-electron chi connectivity index (χ1n) is 8.58. The quantitative estimate of drug-likeness (QED) is 0.820. The lowest BCUT2D eigenvalue weighted by atomic mass is 10.1. The second kappa shape index (κ2) is 7.48. The average Bonchev–Trinajstić information content (AvgIpc) is 3.09. The number of hydrogen-bond donors (Lipinski definition) is 1. The van der Waals surface area contributed by atoms with Crippen molar-refractivity contribution in [1.82, 2.24) is 0 Å². The highest BCUT2D eigenvalue weighted by Gasteiger charge is 2.29. The van der Waals surface area contributed by atoms with Crippen LogP contribution in [0.2, 0.25) is 0 Å². The molecule has 2 aromatic rings. The number of ether oxygens (including phenoxy) is 2. The second-order valence-corrected chi connectivity index (χ2v) is 8.17. The Morgan fingerprint density at radius 1 is 1.15 bits per heavy atom. The Morgan fingerprint density at radius 3 is 2.44 bits per heavy atom. The van der Waals surface area contributed by atoms with E-state index in [0.717, 1.165) is 22.5 Å². The molecule has 0 saturated carbocycles. The standard InChI is InChI=1S/C19H22N2O5S/c1-4-14-5-8-16(9-6-14)21(27(3,23)24)13(2)19(22)20-15-7-10-17-18(11-15)26-12-25-17/h5-11,13H,4,12H2,1-3H3,(H,20,22)/t13-/m0/s1. The van der Waals surface area contributed by atoms with E-state index < -0.39 is 22.0 Å². The van der Waals surface area contributed by atoms with Crippen molar-refractivity contribution in [2.75, 3.05) is 22.7 Å². The number of carbonyl (C=O) groups excluding carboxylic acids is 1. The number of aryl methyl sites for hydroxylation is 1. The minimum atomic E-state index is -3.66. The first-order valence-corrected chi connectivity index (χ1v) is 10.4. The molecule has 27 heavy (non-hydrogen) atoms. The van der Waals surface area contributed by atoms with Crippen LogP contribution in [0.4, 0.5) is 11.4 Å². The summed E-state index contributed by atoms with van der Waals surface area (Å²) in [5, 5.41) is 2.74. The maximum Gasteiger partial charge on any atom is 0.247 e. The van der Waals surface area contributed by atoms with Gasteiger partial charge in [-0.05, 0) is 43.2 Å². The molecule has 1 N–H and O–H groups in total. The fourth-order valence-corrected chi connectivity index (χ4v) is 4.08. The van der Waals surface area contributed by atoms with Gasteiger partial charge < -0.3 is 14.8 Å². The summed E-state index contributed by atoms with van der Waals surface area (Å²) >= 11 is 0. The highest BCUT2D eigenvalue weighted by molar-refractivity contribution is 7.92. The molecule has 3 rings (SSSR count). The van der Waals surface area contributed by atoms with Gasteiger partial charge in [0.05, 0.1) is 11.9 Å². The largest absolute Gasteiger partial charge is 0.454 e. The van der Waals surface area contributed by atoms with E-state index in [9.17, 15) is 13.2 Å². The van der Waals surface area contributed by atoms with Gasteiger partial charge >= 0.3 is 0 Å². The first kappa shape index (κ1) is 19.0. The molecule has 0 unspecified atom stereocenters. The Balaban J connectivity index is 1.82. The maximum atomic E-state index is 12.7. The fraction of sp³-hybridized carbons (Fsp3) is 0.316. The third-order valence-corrected chi connectivity index (χ3v) is 5.57. The highest BCUT2D eigenvalue weighted by atomic mass is 32.2. The van der Waals surface area contributed by atoms with Crippen molar-refractivity contribution in [3.05, 3.63) is 48.0 Å². The highest BCUT2D eigenvalue weighted by Crippen LogP contribution is 2.34. The Bertz CT molecular complexity index is 941. The molecule has 1 heterocycles. The van der Waals surface area contributed by atoms with Gasteiger partial charge in [0.25, 0.3) is 0 Å². The van der Waals surface area contributed by atoms with Crippen LogP contribution in [0.3, 0.4) is 0 Å². The molecule has 0 radical (unpaired) electrons. The van der Waals surface area contributed by atoms with Gasteiger partial charge in [-0.15, -0.1) is 0 Å². The van der Waals surface area contributed by atoms with Gasteiger partial charge in [-0.2, -0.15) is 0 Å². The normalized spacial score (nSPS) is 13.9. The van der Waals surface area contributed by atoms with Crippen LogP contribution in [0.5, 0.6) is 11.5 Å². The van der Waals surface area contributed by atoms with Crippen LogP contribution in [0.15, 0.2) is 42.5 Å². The van der Waals surface area contributed by atoms with E-state index in [-0.39, 0.29) is 6.79 Å². The van der Waals surface area contributed by atoms with Crippen LogP contribution < -0.4 is 19.1 Å². The first-order chi connectivity index (χ1) is 12.8. The van der Waals surface area contributed by atoms with Gasteiger partial charge in [-0.1, -0.05) is 19.1 Å². The topological polar surface area (TPSA) is 84.9 Å². The molecule has 1 amide bonds. The number of nitrogens with one attached hydrogen (secondary N) is 1. The van der Waals surface area contributed by atoms with Crippen molar-refractivity contribution in [3.8, 4) is 11.5 Å². The summed E-state index contributed by atoms with van der Waals surface area (Å²) < 4.78 is 36.4. The van der Waals surface area contributed by atoms with Gasteiger partial charge in [-0.25, -0.2) is 8.42 Å². The summed E-state index contributed by atoms with van der Waals surface area (Å²) in [6.45, 7) is 3.71. The van der Waals surface area contributed by atoms with Crippen molar-refractivity contribution in [3.63, 3.8) is 0 Å². The molecule has 8 heteroatoms. The van der Waals surface area contributed by atoms with E-state index in [1.54, 1.807) is 37.3 Å². The number of hydrogen-bond acceptors (Lipinski definition) is 5. The molecule has 0 aliphatic carbocycles. The Labute approximate surface area is 158 Å². The fourth-order valence-electron chi connectivity index (χ4n) is 2.91. The zero-order chi connectivity index (χ0) is 19.6. The lowest BCUT2D eigenvalue weighted by Gasteiger charge is -2.28. The summed E-state index contributed by atoms with van der Waals surface area (Å²) in [7, 11) is -3.66. The molecule has 1 atom stereocenters. The Kier molecular flexibility index (Phi) is 5.27. The zero-order valence-corrected chi connectivity index (χ0v) is 16.2. The van der Waals surface area contributed by atoms with Gasteiger partial charge in [0.15, 0.2) is 11.5 Å². The van der Waals surface area contributed by atoms with E-state index in [2.05, 4.69) is 5.32 Å². The van der Waals surface area contributed by atoms with Crippen molar-refractivity contribution < 1.29 is 22.7 Å². The van der Waals surface area contributed by atoms with Gasteiger partial charge in [0.2, 0.25) is 22.7 Å². The predicted molar refractivity (Wildman–Crippen MR) is 104 cm³/mol. The number of amides is 1. The smallest absolute Gasteiger partial charge is 0.247 e. The summed E-state index contributed by atoms with van der Waals surface area (Å²) in [6, 6.07) is 11.2. The van der Waals surface area contributed by atoms with Crippen LogP contribution in [0.25, 0.3) is 0 Å². The minimum Gasteiger partial charge on any atom is -0.454 e. The van der Waals surface area contributed by atoms with Crippen LogP contribution in [0.1, 0.15) is 19.4 Å². The van der Waals surface area contributed by atoms with Crippen molar-refractivity contribution in [1.29, 1.82) is 0 Å². The van der Waals surface area contributed by atoms with Crippen LogP contribution >= 0.6 is 0 Å². The third kappa shape index (κ3) is 4.16. The van der Waals surface area contributed by atoms with Crippen molar-refractivity contribution >= 4 is 27.3 Å². The van der Waals surface area contributed by atoms with E-state index in [1.165, 1.54) is 0 Å². The minimum absolute atomic E-state index is 0.138. The van der Waals surface area contributed by atoms with Gasteiger partial charge in [0, 0.05) is 11.8 Å². The molecule has 2 aromatic carbocycles. The summed E-state index contributed by atoms with van der Waals surface area (Å²) in [6.07, 6.45) is 1.93. The molecule has 1 aliphatic rings. The molecule has 144 valence electrons. The molecular weight excluding hydrogens is 368 g/mol. The molecule has 0 saturated heterocycles. The van der Waals surface area contributed by atoms with Crippen LogP contribution in [-0.2, 0) is 21.2 Å². The van der Waals surface area contributed by atoms with Gasteiger partial charge in [-0.3, -0.25) is 9.10 Å². The number of benzene rings is 2. The summed E-state index contributed by atoms with van der Waals surface area (Å²) in [5.74, 6) is 0.698. The summed E-state index contributed by atoms with van der Waals surface area (Å²) in [4.78, 5) is 12.7. The molecule has 0 bridgehead atoms. The predicted octanol–water partition coefficient (Wildman–Crippen LogP) is 2.77. The van der Waals surface area contributed by atoms with Crippen molar-refractivity contribution in [2.45, 2.75) is 26.3 Å².